The van der Waals surface area contributed by atoms with Crippen LogP contribution in [-0.2, 0) is 14.3 Å². The molecule has 0 aromatic heterocycles. The van der Waals surface area contributed by atoms with E-state index in [9.17, 15) is 9.59 Å². The van der Waals surface area contributed by atoms with Gasteiger partial charge < -0.3 is 10.1 Å². The standard InChI is InChI=1S/C13H25NO3/c1-3-17-11-7-9-13(16)8-5-4-6-10-14-12(2)15/h3-11H2,1-2H3,(H,14,15). The Hall–Kier alpha value is -0.900. The van der Waals surface area contributed by atoms with Gasteiger partial charge in [0, 0.05) is 39.5 Å². The maximum absolute atomic E-state index is 11.4. The molecule has 17 heavy (non-hydrogen) atoms. The van der Waals surface area contributed by atoms with Gasteiger partial charge in [-0.15, -0.1) is 0 Å². The first-order valence-corrected chi connectivity index (χ1v) is 6.50. The van der Waals surface area contributed by atoms with Crippen molar-refractivity contribution in [2.45, 2.75) is 52.4 Å². The summed E-state index contributed by atoms with van der Waals surface area (Å²) in [7, 11) is 0. The van der Waals surface area contributed by atoms with Crippen LogP contribution in [0.1, 0.15) is 52.4 Å². The van der Waals surface area contributed by atoms with Crippen LogP contribution in [-0.4, -0.2) is 31.4 Å². The number of carbonyl (C=O) groups excluding carboxylic acids is 2. The summed E-state index contributed by atoms with van der Waals surface area (Å²) in [6.07, 6.45) is 4.99. The Morgan fingerprint density at radius 3 is 2.41 bits per heavy atom. The molecule has 0 atom stereocenters. The Labute approximate surface area is 104 Å². The van der Waals surface area contributed by atoms with E-state index in [1.165, 1.54) is 6.92 Å². The molecule has 0 unspecified atom stereocenters. The molecule has 0 saturated heterocycles. The molecule has 0 aromatic carbocycles. The first-order chi connectivity index (χ1) is 8.16. The molecule has 4 heteroatoms. The number of hydrogen-bond donors (Lipinski definition) is 1. The summed E-state index contributed by atoms with van der Waals surface area (Å²) in [6.45, 7) is 5.59. The average Bonchev–Trinajstić information content (AvgIpc) is 2.29. The van der Waals surface area contributed by atoms with Crippen LogP contribution in [0.5, 0.6) is 0 Å². The van der Waals surface area contributed by atoms with E-state index in [0.29, 0.717) is 31.8 Å². The van der Waals surface area contributed by atoms with Crippen LogP contribution < -0.4 is 5.32 Å². The highest BCUT2D eigenvalue weighted by atomic mass is 16.5. The van der Waals surface area contributed by atoms with Gasteiger partial charge in [0.2, 0.25) is 5.91 Å². The van der Waals surface area contributed by atoms with Crippen molar-refractivity contribution < 1.29 is 14.3 Å². The number of amides is 1. The number of hydrogen-bond acceptors (Lipinski definition) is 3. The van der Waals surface area contributed by atoms with Gasteiger partial charge in [0.15, 0.2) is 0 Å². The first-order valence-electron chi connectivity index (χ1n) is 6.50. The Kier molecular flexibility index (Phi) is 11.0. The molecular weight excluding hydrogens is 218 g/mol. The van der Waals surface area contributed by atoms with Crippen LogP contribution >= 0.6 is 0 Å². The molecule has 0 heterocycles. The van der Waals surface area contributed by atoms with E-state index < -0.39 is 0 Å². The van der Waals surface area contributed by atoms with Crippen molar-refractivity contribution in [3.05, 3.63) is 0 Å². The highest BCUT2D eigenvalue weighted by Crippen LogP contribution is 2.03. The predicted octanol–water partition coefficient (Wildman–Crippen LogP) is 2.07. The quantitative estimate of drug-likeness (QED) is 0.565. The third-order valence-electron chi connectivity index (χ3n) is 2.45. The van der Waals surface area contributed by atoms with Gasteiger partial charge >= 0.3 is 0 Å². The molecule has 0 aromatic rings. The number of nitrogens with one attached hydrogen (secondary N) is 1. The minimum atomic E-state index is 0.0111. The summed E-state index contributed by atoms with van der Waals surface area (Å²) in [6, 6.07) is 0. The Morgan fingerprint density at radius 1 is 1.06 bits per heavy atom. The SMILES string of the molecule is CCOCCCC(=O)CCCCCNC(C)=O. The number of Topliss-reactive ketones (excluding diaryl/α,β-unsaturated/α-hetero) is 1. The lowest BCUT2D eigenvalue weighted by molar-refractivity contribution is -0.120. The maximum Gasteiger partial charge on any atom is 0.216 e. The molecule has 1 amide bonds. The average molecular weight is 243 g/mol. The van der Waals surface area contributed by atoms with E-state index in [1.54, 1.807) is 0 Å². The third kappa shape index (κ3) is 13.0. The lowest BCUT2D eigenvalue weighted by Crippen LogP contribution is -2.20. The molecule has 0 radical (unpaired) electrons. The zero-order chi connectivity index (χ0) is 12.9. The van der Waals surface area contributed by atoms with Crippen molar-refractivity contribution in [1.82, 2.24) is 5.32 Å². The maximum atomic E-state index is 11.4. The van der Waals surface area contributed by atoms with Crippen LogP contribution in [0.4, 0.5) is 0 Å². The molecule has 4 nitrogen and oxygen atoms in total. The topological polar surface area (TPSA) is 55.4 Å². The summed E-state index contributed by atoms with van der Waals surface area (Å²) in [4.78, 5) is 22.0. The molecule has 0 fully saturated rings. The molecular formula is C13H25NO3. The fraction of sp³-hybridized carbons (Fsp3) is 0.846. The Morgan fingerprint density at radius 2 is 1.76 bits per heavy atom. The molecule has 0 aliphatic rings. The molecule has 0 spiro atoms. The van der Waals surface area contributed by atoms with Crippen molar-refractivity contribution >= 4 is 11.7 Å². The zero-order valence-electron chi connectivity index (χ0n) is 11.1. The molecule has 0 rings (SSSR count). The first kappa shape index (κ1) is 16.1. The molecule has 0 aliphatic heterocycles. The van der Waals surface area contributed by atoms with Crippen LogP contribution in [0.3, 0.4) is 0 Å². The Balaban J connectivity index is 3.19. The highest BCUT2D eigenvalue weighted by molar-refractivity contribution is 5.78. The monoisotopic (exact) mass is 243 g/mol. The summed E-state index contributed by atoms with van der Waals surface area (Å²) in [5.74, 6) is 0.334. The van der Waals surface area contributed by atoms with Crippen molar-refractivity contribution in [3.63, 3.8) is 0 Å². The number of ketones is 1. The van der Waals surface area contributed by atoms with E-state index in [4.69, 9.17) is 4.74 Å². The highest BCUT2D eigenvalue weighted by Gasteiger charge is 2.01. The van der Waals surface area contributed by atoms with Crippen molar-refractivity contribution in [2.75, 3.05) is 19.8 Å². The third-order valence-corrected chi connectivity index (χ3v) is 2.45. The summed E-state index contributed by atoms with van der Waals surface area (Å²) >= 11 is 0. The second-order valence-electron chi connectivity index (χ2n) is 4.13. The molecule has 100 valence electrons. The fourth-order valence-corrected chi connectivity index (χ4v) is 1.53. The Bertz CT molecular complexity index is 217. The summed E-state index contributed by atoms with van der Waals surface area (Å²) < 4.78 is 5.17. The predicted molar refractivity (Wildman–Crippen MR) is 67.9 cm³/mol. The molecule has 0 aliphatic carbocycles. The van der Waals surface area contributed by atoms with Crippen molar-refractivity contribution in [3.8, 4) is 0 Å². The number of carbonyl (C=O) groups is 2. The molecule has 1 N–H and O–H groups in total. The van der Waals surface area contributed by atoms with E-state index >= 15 is 0 Å². The van der Waals surface area contributed by atoms with Crippen LogP contribution in [0.15, 0.2) is 0 Å². The van der Waals surface area contributed by atoms with Crippen LogP contribution in [0.2, 0.25) is 0 Å². The zero-order valence-corrected chi connectivity index (χ0v) is 11.1. The minimum Gasteiger partial charge on any atom is -0.382 e. The van der Waals surface area contributed by atoms with E-state index in [0.717, 1.165) is 32.3 Å². The number of unbranched alkanes of at least 4 members (excludes halogenated alkanes) is 2. The van der Waals surface area contributed by atoms with Gasteiger partial charge in [0.05, 0.1) is 0 Å². The van der Waals surface area contributed by atoms with Gasteiger partial charge in [0.1, 0.15) is 5.78 Å². The van der Waals surface area contributed by atoms with E-state index in [2.05, 4.69) is 5.32 Å². The van der Waals surface area contributed by atoms with E-state index in [-0.39, 0.29) is 5.91 Å². The van der Waals surface area contributed by atoms with Gasteiger partial charge in [-0.05, 0) is 26.2 Å². The second-order valence-corrected chi connectivity index (χ2v) is 4.13. The lowest BCUT2D eigenvalue weighted by Gasteiger charge is -2.03. The van der Waals surface area contributed by atoms with Crippen molar-refractivity contribution in [1.29, 1.82) is 0 Å². The molecule has 0 saturated carbocycles. The number of rotatable bonds is 11. The van der Waals surface area contributed by atoms with Gasteiger partial charge in [0.25, 0.3) is 0 Å². The number of ether oxygens (including phenoxy) is 1. The van der Waals surface area contributed by atoms with Crippen molar-refractivity contribution in [2.24, 2.45) is 0 Å². The van der Waals surface area contributed by atoms with Gasteiger partial charge in [-0.1, -0.05) is 6.42 Å². The second kappa shape index (κ2) is 11.6. The van der Waals surface area contributed by atoms with E-state index in [1.807, 2.05) is 6.92 Å². The van der Waals surface area contributed by atoms with Gasteiger partial charge in [-0.25, -0.2) is 0 Å². The summed E-state index contributed by atoms with van der Waals surface area (Å²) in [5, 5.41) is 2.74. The van der Waals surface area contributed by atoms with Crippen LogP contribution in [0.25, 0.3) is 0 Å². The lowest BCUT2D eigenvalue weighted by atomic mass is 10.1. The molecule has 0 bridgehead atoms. The minimum absolute atomic E-state index is 0.0111. The fourth-order valence-electron chi connectivity index (χ4n) is 1.53. The van der Waals surface area contributed by atoms with Gasteiger partial charge in [-0.2, -0.15) is 0 Å². The van der Waals surface area contributed by atoms with Crippen LogP contribution in [0, 0.1) is 0 Å². The largest absolute Gasteiger partial charge is 0.382 e. The van der Waals surface area contributed by atoms with Gasteiger partial charge in [-0.3, -0.25) is 9.59 Å². The normalized spacial score (nSPS) is 10.2. The summed E-state index contributed by atoms with van der Waals surface area (Å²) in [5.41, 5.74) is 0. The smallest absolute Gasteiger partial charge is 0.216 e.